The number of amides is 1. The van der Waals surface area contributed by atoms with Gasteiger partial charge in [0.1, 0.15) is 0 Å². The highest BCUT2D eigenvalue weighted by Gasteiger charge is 2.55. The van der Waals surface area contributed by atoms with Crippen molar-refractivity contribution in [3.8, 4) is 0 Å². The normalized spacial score (nSPS) is 32.4. The fourth-order valence-corrected chi connectivity index (χ4v) is 5.31. The molecule has 2 saturated heterocycles. The number of carbonyl (C=O) groups excluding carboxylic acids is 1. The van der Waals surface area contributed by atoms with Crippen LogP contribution >= 0.6 is 0 Å². The third-order valence-electron chi connectivity index (χ3n) is 7.35. The fourth-order valence-electron chi connectivity index (χ4n) is 5.31. The molecule has 0 N–H and O–H groups in total. The summed E-state index contributed by atoms with van der Waals surface area (Å²) in [5, 5.41) is 0. The molecular weight excluding hydrogens is 312 g/mol. The molecule has 0 aromatic rings. The van der Waals surface area contributed by atoms with E-state index in [1.807, 2.05) is 0 Å². The molecule has 0 aromatic heterocycles. The molecule has 2 aliphatic heterocycles. The van der Waals surface area contributed by atoms with E-state index >= 15 is 0 Å². The van der Waals surface area contributed by atoms with E-state index in [4.69, 9.17) is 4.74 Å². The van der Waals surface area contributed by atoms with Crippen LogP contribution < -0.4 is 0 Å². The summed E-state index contributed by atoms with van der Waals surface area (Å²) in [4.78, 5) is 17.2. The maximum absolute atomic E-state index is 12.6. The number of hydrogen-bond acceptors (Lipinski definition) is 3. The highest BCUT2D eigenvalue weighted by atomic mass is 16.5. The third-order valence-corrected chi connectivity index (χ3v) is 7.35. The maximum Gasteiger partial charge on any atom is 0.225 e. The topological polar surface area (TPSA) is 32.8 Å². The molecule has 0 radical (unpaired) electrons. The molecule has 1 amide bonds. The minimum atomic E-state index is 0.374. The van der Waals surface area contributed by atoms with E-state index in [9.17, 15) is 4.79 Å². The Morgan fingerprint density at radius 3 is 2.48 bits per heavy atom. The zero-order valence-corrected chi connectivity index (χ0v) is 16.2. The van der Waals surface area contributed by atoms with Gasteiger partial charge in [0.15, 0.2) is 0 Å². The van der Waals surface area contributed by atoms with Crippen LogP contribution in [0.3, 0.4) is 0 Å². The van der Waals surface area contributed by atoms with E-state index in [1.54, 1.807) is 0 Å². The Kier molecular flexibility index (Phi) is 5.11. The summed E-state index contributed by atoms with van der Waals surface area (Å²) in [5.74, 6) is 1.64. The second kappa shape index (κ2) is 7.19. The summed E-state index contributed by atoms with van der Waals surface area (Å²) in [6.45, 7) is 6.42. The molecule has 4 nitrogen and oxygen atoms in total. The molecule has 4 aliphatic rings. The van der Waals surface area contributed by atoms with Crippen LogP contribution in [0.5, 0.6) is 0 Å². The Labute approximate surface area is 153 Å². The number of likely N-dealkylation sites (tertiary alicyclic amines) is 1. The molecule has 2 saturated carbocycles. The van der Waals surface area contributed by atoms with Crippen molar-refractivity contribution in [3.05, 3.63) is 0 Å². The van der Waals surface area contributed by atoms with Gasteiger partial charge in [-0.05, 0) is 89.6 Å². The summed E-state index contributed by atoms with van der Waals surface area (Å²) in [5.41, 5.74) is 0.643. The van der Waals surface area contributed by atoms with Gasteiger partial charge in [-0.15, -0.1) is 0 Å². The molecular formula is C21H36N2O2. The van der Waals surface area contributed by atoms with Crippen LogP contribution in [0.4, 0.5) is 0 Å². The highest BCUT2D eigenvalue weighted by Crippen LogP contribution is 2.63. The summed E-state index contributed by atoms with van der Waals surface area (Å²) >= 11 is 0. The monoisotopic (exact) mass is 348 g/mol. The zero-order valence-electron chi connectivity index (χ0n) is 16.2. The average molecular weight is 349 g/mol. The van der Waals surface area contributed by atoms with Gasteiger partial charge in [0, 0.05) is 25.6 Å². The molecule has 142 valence electrons. The minimum absolute atomic E-state index is 0.374. The van der Waals surface area contributed by atoms with E-state index in [0.29, 0.717) is 29.4 Å². The predicted octanol–water partition coefficient (Wildman–Crippen LogP) is 3.30. The Morgan fingerprint density at radius 2 is 1.88 bits per heavy atom. The summed E-state index contributed by atoms with van der Waals surface area (Å²) in [6, 6.07) is 0. The lowest BCUT2D eigenvalue weighted by atomic mass is 9.71. The second-order valence-corrected chi connectivity index (χ2v) is 9.57. The lowest BCUT2D eigenvalue weighted by Gasteiger charge is -2.40. The smallest absolute Gasteiger partial charge is 0.225 e. The molecule has 4 fully saturated rings. The molecule has 4 rings (SSSR count). The van der Waals surface area contributed by atoms with E-state index < -0.39 is 0 Å². The van der Waals surface area contributed by atoms with Gasteiger partial charge in [0.05, 0.1) is 12.2 Å². The Bertz CT molecular complexity index is 474. The first-order chi connectivity index (χ1) is 12.0. The van der Waals surface area contributed by atoms with Crippen LogP contribution in [-0.2, 0) is 9.53 Å². The molecule has 0 bridgehead atoms. The molecule has 25 heavy (non-hydrogen) atoms. The minimum Gasteiger partial charge on any atom is -0.374 e. The van der Waals surface area contributed by atoms with Gasteiger partial charge < -0.3 is 14.5 Å². The van der Waals surface area contributed by atoms with Crippen molar-refractivity contribution in [2.75, 3.05) is 33.2 Å². The largest absolute Gasteiger partial charge is 0.374 e. The quantitative estimate of drug-likeness (QED) is 0.738. The molecule has 2 aliphatic carbocycles. The predicted molar refractivity (Wildman–Crippen MR) is 99.4 cm³/mol. The van der Waals surface area contributed by atoms with Crippen LogP contribution in [-0.4, -0.2) is 61.1 Å². The zero-order chi connectivity index (χ0) is 17.4. The van der Waals surface area contributed by atoms with Gasteiger partial charge in [-0.1, -0.05) is 0 Å². The van der Waals surface area contributed by atoms with E-state index in [2.05, 4.69) is 23.8 Å². The van der Waals surface area contributed by atoms with Gasteiger partial charge in [-0.25, -0.2) is 0 Å². The van der Waals surface area contributed by atoms with E-state index in [-0.39, 0.29) is 0 Å². The first-order valence-electron chi connectivity index (χ1n) is 10.7. The van der Waals surface area contributed by atoms with Crippen molar-refractivity contribution >= 4 is 5.91 Å². The maximum atomic E-state index is 12.6. The molecule has 2 heterocycles. The Morgan fingerprint density at radius 1 is 1.16 bits per heavy atom. The Hall–Kier alpha value is -0.610. The number of rotatable bonds is 6. The number of ether oxygens (including phenoxy) is 1. The highest BCUT2D eigenvalue weighted by molar-refractivity contribution is 5.80. The standard InChI is InChI=1S/C21H36N2O2/c1-16-3-4-19(25-16)15-22(2)10-5-17-6-11-23(12-7-17)20(24)18-13-21(14-18)8-9-21/h16-19H,3-15H2,1-2H3. The van der Waals surface area contributed by atoms with Crippen molar-refractivity contribution in [2.45, 2.75) is 76.9 Å². The van der Waals surface area contributed by atoms with Crippen molar-refractivity contribution in [3.63, 3.8) is 0 Å². The van der Waals surface area contributed by atoms with E-state index in [1.165, 1.54) is 57.8 Å². The summed E-state index contributed by atoms with van der Waals surface area (Å²) < 4.78 is 5.94. The third kappa shape index (κ3) is 4.21. The van der Waals surface area contributed by atoms with Crippen LogP contribution in [0.25, 0.3) is 0 Å². The van der Waals surface area contributed by atoms with Crippen LogP contribution in [0, 0.1) is 17.3 Å². The first kappa shape index (κ1) is 17.8. The lowest BCUT2D eigenvalue weighted by molar-refractivity contribution is -0.142. The van der Waals surface area contributed by atoms with Crippen molar-refractivity contribution in [1.29, 1.82) is 0 Å². The number of hydrogen-bond donors (Lipinski definition) is 0. The second-order valence-electron chi connectivity index (χ2n) is 9.57. The number of nitrogens with zero attached hydrogens (tertiary/aromatic N) is 2. The van der Waals surface area contributed by atoms with Gasteiger partial charge in [0.25, 0.3) is 0 Å². The van der Waals surface area contributed by atoms with Crippen LogP contribution in [0.15, 0.2) is 0 Å². The molecule has 2 unspecified atom stereocenters. The van der Waals surface area contributed by atoms with Crippen molar-refractivity contribution < 1.29 is 9.53 Å². The molecule has 0 aromatic carbocycles. The number of piperidine rings is 1. The average Bonchev–Trinajstić information content (AvgIpc) is 3.28. The molecule has 2 atom stereocenters. The van der Waals surface area contributed by atoms with Gasteiger partial charge in [-0.3, -0.25) is 4.79 Å². The van der Waals surface area contributed by atoms with Gasteiger partial charge >= 0.3 is 0 Å². The summed E-state index contributed by atoms with van der Waals surface area (Å²) in [6.07, 6.45) is 12.2. The van der Waals surface area contributed by atoms with Crippen LogP contribution in [0.2, 0.25) is 0 Å². The van der Waals surface area contributed by atoms with Gasteiger partial charge in [-0.2, -0.15) is 0 Å². The number of carbonyl (C=O) groups is 1. The summed E-state index contributed by atoms with van der Waals surface area (Å²) in [7, 11) is 2.23. The van der Waals surface area contributed by atoms with Crippen molar-refractivity contribution in [2.24, 2.45) is 17.3 Å². The van der Waals surface area contributed by atoms with Crippen molar-refractivity contribution in [1.82, 2.24) is 9.80 Å². The van der Waals surface area contributed by atoms with Crippen LogP contribution in [0.1, 0.15) is 64.7 Å². The first-order valence-corrected chi connectivity index (χ1v) is 10.7. The lowest BCUT2D eigenvalue weighted by Crippen LogP contribution is -2.46. The fraction of sp³-hybridized carbons (Fsp3) is 0.952. The van der Waals surface area contributed by atoms with E-state index in [0.717, 1.165) is 32.1 Å². The molecule has 4 heteroatoms. The Balaban J connectivity index is 1.11. The SMILES string of the molecule is CC1CCC(CN(C)CCC2CCN(C(=O)C3CC4(CC4)C3)CC2)O1. The van der Waals surface area contributed by atoms with Gasteiger partial charge in [0.2, 0.25) is 5.91 Å². The molecule has 1 spiro atoms. The number of likely N-dealkylation sites (N-methyl/N-ethyl adjacent to an activating group) is 1.